The minimum Gasteiger partial charge on any atom is -0.433 e. The molecule has 3 rings (SSSR count). The Bertz CT molecular complexity index is 433. The molecule has 7 heteroatoms. The second kappa shape index (κ2) is 4.89. The fourth-order valence-electron chi connectivity index (χ4n) is 3.03. The molecule has 21 heavy (non-hydrogen) atoms. The monoisotopic (exact) mass is 302 g/mol. The molecule has 3 aliphatic rings. The minimum atomic E-state index is -0.786. The summed E-state index contributed by atoms with van der Waals surface area (Å²) in [4.78, 5) is 11.2. The molecule has 7 nitrogen and oxygen atoms in total. The van der Waals surface area contributed by atoms with Gasteiger partial charge < -0.3 is 28.4 Å². The van der Waals surface area contributed by atoms with Crippen molar-refractivity contribution in [1.29, 1.82) is 0 Å². The van der Waals surface area contributed by atoms with Gasteiger partial charge in [-0.3, -0.25) is 4.79 Å². The zero-order valence-electron chi connectivity index (χ0n) is 13.0. The number of carbonyl (C=O) groups excluding carboxylic acids is 1. The smallest absolute Gasteiger partial charge is 0.305 e. The largest absolute Gasteiger partial charge is 0.433 e. The van der Waals surface area contributed by atoms with Crippen LogP contribution in [0.3, 0.4) is 0 Å². The molecule has 120 valence electrons. The fraction of sp³-hybridized carbons (Fsp3) is 0.929. The van der Waals surface area contributed by atoms with E-state index in [0.29, 0.717) is 6.61 Å². The van der Waals surface area contributed by atoms with Crippen molar-refractivity contribution in [3.63, 3.8) is 0 Å². The molecule has 0 saturated carbocycles. The van der Waals surface area contributed by atoms with Crippen LogP contribution in [0.5, 0.6) is 0 Å². The summed E-state index contributed by atoms with van der Waals surface area (Å²) in [6.45, 7) is 9.08. The van der Waals surface area contributed by atoms with E-state index in [2.05, 4.69) is 0 Å². The van der Waals surface area contributed by atoms with Crippen LogP contribution < -0.4 is 0 Å². The Kier molecular flexibility index (Phi) is 3.53. The first-order valence-electron chi connectivity index (χ1n) is 7.17. The molecule has 3 saturated heterocycles. The lowest BCUT2D eigenvalue weighted by atomic mass is 10.1. The molecule has 0 aromatic heterocycles. The highest BCUT2D eigenvalue weighted by molar-refractivity contribution is 5.66. The Morgan fingerprint density at radius 2 is 1.67 bits per heavy atom. The van der Waals surface area contributed by atoms with Crippen LogP contribution in [0.4, 0.5) is 0 Å². The highest BCUT2D eigenvalue weighted by Crippen LogP contribution is 2.42. The SMILES string of the molecule is CC(=O)OC1O[C@H]([C@H]2COC(C)(C)O2)[C@@H]2OC(C)(C)O[C@H]12. The maximum atomic E-state index is 11.2. The second-order valence-electron chi connectivity index (χ2n) is 6.51. The van der Waals surface area contributed by atoms with Crippen LogP contribution in [0, 0.1) is 0 Å². The van der Waals surface area contributed by atoms with E-state index in [4.69, 9.17) is 28.4 Å². The van der Waals surface area contributed by atoms with Crippen LogP contribution in [0.2, 0.25) is 0 Å². The molecule has 3 fully saturated rings. The first-order valence-corrected chi connectivity index (χ1v) is 7.17. The quantitative estimate of drug-likeness (QED) is 0.703. The molecular weight excluding hydrogens is 280 g/mol. The van der Waals surface area contributed by atoms with Crippen LogP contribution in [-0.2, 0) is 33.2 Å². The number of hydrogen-bond acceptors (Lipinski definition) is 7. The number of hydrogen-bond donors (Lipinski definition) is 0. The molecule has 0 N–H and O–H groups in total. The Morgan fingerprint density at radius 3 is 2.24 bits per heavy atom. The molecule has 1 unspecified atom stereocenters. The van der Waals surface area contributed by atoms with Gasteiger partial charge in [-0.15, -0.1) is 0 Å². The van der Waals surface area contributed by atoms with Gasteiger partial charge in [0.1, 0.15) is 18.3 Å². The predicted molar refractivity (Wildman–Crippen MR) is 69.2 cm³/mol. The van der Waals surface area contributed by atoms with Crippen LogP contribution in [0.15, 0.2) is 0 Å². The van der Waals surface area contributed by atoms with E-state index in [1.807, 2.05) is 27.7 Å². The molecular formula is C14H22O7. The minimum absolute atomic E-state index is 0.287. The molecule has 0 radical (unpaired) electrons. The van der Waals surface area contributed by atoms with Crippen molar-refractivity contribution in [1.82, 2.24) is 0 Å². The predicted octanol–water partition coefficient (Wildman–Crippen LogP) is 0.946. The summed E-state index contributed by atoms with van der Waals surface area (Å²) in [6, 6.07) is 0. The maximum Gasteiger partial charge on any atom is 0.305 e. The van der Waals surface area contributed by atoms with E-state index in [1.54, 1.807) is 0 Å². The third kappa shape index (κ3) is 2.93. The number of esters is 1. The van der Waals surface area contributed by atoms with Crippen molar-refractivity contribution in [3.05, 3.63) is 0 Å². The Morgan fingerprint density at radius 1 is 1.00 bits per heavy atom. The first-order chi connectivity index (χ1) is 9.67. The van der Waals surface area contributed by atoms with Crippen LogP contribution >= 0.6 is 0 Å². The highest BCUT2D eigenvalue weighted by Gasteiger charge is 2.60. The summed E-state index contributed by atoms with van der Waals surface area (Å²) < 4.78 is 34.1. The van der Waals surface area contributed by atoms with Gasteiger partial charge in [0, 0.05) is 6.92 Å². The standard InChI is InChI=1S/C14H22O7/c1-7(15)17-12-11-10(20-14(4,5)21-11)9(18-12)8-6-16-13(2,3)19-8/h8-12H,6H2,1-5H3/t8-,9-,10+,11+,12?/m1/s1. The molecule has 3 heterocycles. The molecule has 0 amide bonds. The third-order valence-electron chi connectivity index (χ3n) is 3.73. The Labute approximate surface area is 123 Å². The molecule has 5 atom stereocenters. The average Bonchev–Trinajstić information content (AvgIpc) is 2.91. The molecule has 0 bridgehead atoms. The summed E-state index contributed by atoms with van der Waals surface area (Å²) in [5.74, 6) is -1.82. The zero-order chi connectivity index (χ0) is 15.4. The van der Waals surface area contributed by atoms with E-state index >= 15 is 0 Å². The lowest BCUT2D eigenvalue weighted by Crippen LogP contribution is -2.40. The van der Waals surface area contributed by atoms with E-state index in [-0.39, 0.29) is 12.2 Å². The zero-order valence-corrected chi connectivity index (χ0v) is 13.0. The van der Waals surface area contributed by atoms with Crippen LogP contribution in [0.1, 0.15) is 34.6 Å². The maximum absolute atomic E-state index is 11.2. The van der Waals surface area contributed by atoms with Crippen LogP contribution in [-0.4, -0.2) is 54.9 Å². The molecule has 3 aliphatic heterocycles. The molecule has 0 aromatic rings. The number of rotatable bonds is 2. The normalized spacial score (nSPS) is 43.8. The van der Waals surface area contributed by atoms with Gasteiger partial charge >= 0.3 is 5.97 Å². The first kappa shape index (κ1) is 15.2. The van der Waals surface area contributed by atoms with Gasteiger partial charge in [0.15, 0.2) is 17.7 Å². The molecule has 0 spiro atoms. The summed E-state index contributed by atoms with van der Waals surface area (Å²) in [7, 11) is 0. The van der Waals surface area contributed by atoms with Crippen molar-refractivity contribution < 1.29 is 33.2 Å². The van der Waals surface area contributed by atoms with E-state index in [1.165, 1.54) is 6.92 Å². The van der Waals surface area contributed by atoms with Crippen LogP contribution in [0.25, 0.3) is 0 Å². The Balaban J connectivity index is 1.77. The number of ether oxygens (including phenoxy) is 6. The van der Waals surface area contributed by atoms with Gasteiger partial charge in [-0.1, -0.05) is 0 Å². The van der Waals surface area contributed by atoms with E-state index in [0.717, 1.165) is 0 Å². The summed E-state index contributed by atoms with van der Waals surface area (Å²) in [5, 5.41) is 0. The van der Waals surface area contributed by atoms with Crippen molar-refractivity contribution in [2.45, 2.75) is 76.9 Å². The third-order valence-corrected chi connectivity index (χ3v) is 3.73. The van der Waals surface area contributed by atoms with Crippen molar-refractivity contribution in [2.24, 2.45) is 0 Å². The summed E-state index contributed by atoms with van der Waals surface area (Å²) in [6.07, 6.45) is -2.28. The van der Waals surface area contributed by atoms with Gasteiger partial charge in [-0.05, 0) is 27.7 Å². The van der Waals surface area contributed by atoms with Gasteiger partial charge in [-0.25, -0.2) is 0 Å². The highest BCUT2D eigenvalue weighted by atomic mass is 16.8. The molecule has 0 aliphatic carbocycles. The number of carbonyl (C=O) groups is 1. The van der Waals surface area contributed by atoms with Crippen molar-refractivity contribution >= 4 is 5.97 Å². The second-order valence-corrected chi connectivity index (χ2v) is 6.51. The summed E-state index contributed by atoms with van der Waals surface area (Å²) >= 11 is 0. The van der Waals surface area contributed by atoms with Gasteiger partial charge in [-0.2, -0.15) is 0 Å². The lowest BCUT2D eigenvalue weighted by Gasteiger charge is -2.26. The van der Waals surface area contributed by atoms with Gasteiger partial charge in [0.25, 0.3) is 0 Å². The average molecular weight is 302 g/mol. The lowest BCUT2D eigenvalue weighted by molar-refractivity contribution is -0.244. The topological polar surface area (TPSA) is 72.5 Å². The van der Waals surface area contributed by atoms with Crippen molar-refractivity contribution in [2.75, 3.05) is 6.61 Å². The van der Waals surface area contributed by atoms with Crippen molar-refractivity contribution in [3.8, 4) is 0 Å². The van der Waals surface area contributed by atoms with E-state index in [9.17, 15) is 4.79 Å². The van der Waals surface area contributed by atoms with E-state index < -0.39 is 36.0 Å². The van der Waals surface area contributed by atoms with Gasteiger partial charge in [0.05, 0.1) is 6.61 Å². The van der Waals surface area contributed by atoms with Gasteiger partial charge in [0.2, 0.25) is 6.29 Å². The molecule has 0 aromatic carbocycles. The Hall–Kier alpha value is -0.730. The number of fused-ring (bicyclic) bond motifs is 1. The summed E-state index contributed by atoms with van der Waals surface area (Å²) in [5.41, 5.74) is 0. The fourth-order valence-corrected chi connectivity index (χ4v) is 3.03.